The number of hydrogen-bond acceptors (Lipinski definition) is 3. The Morgan fingerprint density at radius 3 is 3.10 bits per heavy atom. The van der Waals surface area contributed by atoms with Crippen molar-refractivity contribution in [3.63, 3.8) is 0 Å². The predicted molar refractivity (Wildman–Crippen MR) is 40.7 cm³/mol. The molecule has 1 aliphatic heterocycles. The van der Waals surface area contributed by atoms with Crippen molar-refractivity contribution in [3.8, 4) is 0 Å². The fraction of sp³-hybridized carbons (Fsp3) is 1.00. The summed E-state index contributed by atoms with van der Waals surface area (Å²) in [5.41, 5.74) is 5.43. The minimum atomic E-state index is 0.337. The van der Waals surface area contributed by atoms with Crippen LogP contribution in [0.4, 0.5) is 0 Å². The smallest absolute Gasteiger partial charge is 0.110 e. The summed E-state index contributed by atoms with van der Waals surface area (Å²) in [6.07, 6.45) is 1.41. The monoisotopic (exact) mass is 144 g/mol. The molecule has 0 aliphatic carbocycles. The lowest BCUT2D eigenvalue weighted by atomic mass is 10.4. The van der Waals surface area contributed by atoms with E-state index in [-0.39, 0.29) is 0 Å². The van der Waals surface area contributed by atoms with Crippen LogP contribution in [0.1, 0.15) is 13.3 Å². The summed E-state index contributed by atoms with van der Waals surface area (Å²) < 4.78 is 5.44. The summed E-state index contributed by atoms with van der Waals surface area (Å²) in [5, 5.41) is 0. The molecule has 1 unspecified atom stereocenters. The van der Waals surface area contributed by atoms with Gasteiger partial charge in [0, 0.05) is 19.6 Å². The third-order valence-corrected chi connectivity index (χ3v) is 1.86. The van der Waals surface area contributed by atoms with Crippen molar-refractivity contribution in [3.05, 3.63) is 0 Å². The Labute approximate surface area is 62.1 Å². The number of nitrogens with two attached hydrogens (primary N) is 1. The van der Waals surface area contributed by atoms with Crippen LogP contribution in [-0.4, -0.2) is 37.4 Å². The molecule has 0 saturated carbocycles. The van der Waals surface area contributed by atoms with E-state index in [9.17, 15) is 0 Å². The molecule has 0 bridgehead atoms. The van der Waals surface area contributed by atoms with Crippen LogP contribution in [0.2, 0.25) is 0 Å². The molecular formula is C7H16N2O. The molecular weight excluding hydrogens is 128 g/mol. The SMILES string of the molecule is CCC1OCCN1CCN. The van der Waals surface area contributed by atoms with Gasteiger partial charge < -0.3 is 10.5 Å². The zero-order valence-corrected chi connectivity index (χ0v) is 6.55. The second-order valence-electron chi connectivity index (χ2n) is 2.56. The molecule has 10 heavy (non-hydrogen) atoms. The first-order chi connectivity index (χ1) is 4.88. The third-order valence-electron chi connectivity index (χ3n) is 1.86. The van der Waals surface area contributed by atoms with Crippen LogP contribution in [0, 0.1) is 0 Å². The van der Waals surface area contributed by atoms with Crippen LogP contribution >= 0.6 is 0 Å². The van der Waals surface area contributed by atoms with E-state index in [1.54, 1.807) is 0 Å². The molecule has 0 spiro atoms. The van der Waals surface area contributed by atoms with E-state index >= 15 is 0 Å². The van der Waals surface area contributed by atoms with Crippen LogP contribution in [-0.2, 0) is 4.74 Å². The van der Waals surface area contributed by atoms with Crippen molar-refractivity contribution in [1.82, 2.24) is 4.90 Å². The molecule has 0 radical (unpaired) electrons. The molecule has 60 valence electrons. The minimum absolute atomic E-state index is 0.337. The average Bonchev–Trinajstić information content (AvgIpc) is 2.36. The van der Waals surface area contributed by atoms with Gasteiger partial charge in [0.2, 0.25) is 0 Å². The van der Waals surface area contributed by atoms with Gasteiger partial charge >= 0.3 is 0 Å². The standard InChI is InChI=1S/C7H16N2O/c1-2-7-9(4-3-8)5-6-10-7/h7H,2-6,8H2,1H3. The summed E-state index contributed by atoms with van der Waals surface area (Å²) in [6, 6.07) is 0. The van der Waals surface area contributed by atoms with Crippen LogP contribution in [0.15, 0.2) is 0 Å². The van der Waals surface area contributed by atoms with Crippen molar-refractivity contribution < 1.29 is 4.74 Å². The van der Waals surface area contributed by atoms with E-state index in [4.69, 9.17) is 10.5 Å². The summed E-state index contributed by atoms with van der Waals surface area (Å²) >= 11 is 0. The molecule has 1 saturated heterocycles. The molecule has 1 rings (SSSR count). The molecule has 1 fully saturated rings. The van der Waals surface area contributed by atoms with Crippen molar-refractivity contribution in [2.45, 2.75) is 19.6 Å². The van der Waals surface area contributed by atoms with Crippen molar-refractivity contribution in [2.75, 3.05) is 26.2 Å². The largest absolute Gasteiger partial charge is 0.362 e. The minimum Gasteiger partial charge on any atom is -0.362 e. The average molecular weight is 144 g/mol. The molecule has 0 aromatic heterocycles. The summed E-state index contributed by atoms with van der Waals surface area (Å²) in [6.45, 7) is 5.77. The van der Waals surface area contributed by atoms with Gasteiger partial charge in [-0.3, -0.25) is 4.90 Å². The first-order valence-corrected chi connectivity index (χ1v) is 3.94. The van der Waals surface area contributed by atoms with E-state index < -0.39 is 0 Å². The second-order valence-corrected chi connectivity index (χ2v) is 2.56. The molecule has 3 nitrogen and oxygen atoms in total. The van der Waals surface area contributed by atoms with E-state index in [1.807, 2.05) is 0 Å². The molecule has 0 amide bonds. The van der Waals surface area contributed by atoms with E-state index in [2.05, 4.69) is 11.8 Å². The lowest BCUT2D eigenvalue weighted by Gasteiger charge is -2.20. The van der Waals surface area contributed by atoms with Gasteiger partial charge in [-0.15, -0.1) is 0 Å². The van der Waals surface area contributed by atoms with Crippen LogP contribution in [0.3, 0.4) is 0 Å². The summed E-state index contributed by atoms with van der Waals surface area (Å²) in [5.74, 6) is 0. The predicted octanol–water partition coefficient (Wildman–Crippen LogP) is 0.0134. The van der Waals surface area contributed by atoms with Gasteiger partial charge in [-0.2, -0.15) is 0 Å². The lowest BCUT2D eigenvalue weighted by Crippen LogP contribution is -2.34. The van der Waals surface area contributed by atoms with Crippen LogP contribution < -0.4 is 5.73 Å². The first-order valence-electron chi connectivity index (χ1n) is 3.94. The number of hydrogen-bond donors (Lipinski definition) is 1. The van der Waals surface area contributed by atoms with E-state index in [1.165, 1.54) is 0 Å². The number of nitrogens with zero attached hydrogens (tertiary/aromatic N) is 1. The molecule has 1 aliphatic rings. The topological polar surface area (TPSA) is 38.5 Å². The van der Waals surface area contributed by atoms with Gasteiger partial charge in [0.25, 0.3) is 0 Å². The molecule has 1 atom stereocenters. The van der Waals surface area contributed by atoms with Crippen molar-refractivity contribution in [2.24, 2.45) is 5.73 Å². The maximum Gasteiger partial charge on any atom is 0.110 e. The highest BCUT2D eigenvalue weighted by atomic mass is 16.5. The maximum atomic E-state index is 5.44. The highest BCUT2D eigenvalue weighted by molar-refractivity contribution is 4.68. The maximum absolute atomic E-state index is 5.44. The third kappa shape index (κ3) is 1.68. The van der Waals surface area contributed by atoms with Gasteiger partial charge in [-0.1, -0.05) is 6.92 Å². The zero-order valence-electron chi connectivity index (χ0n) is 6.55. The highest BCUT2D eigenvalue weighted by Gasteiger charge is 2.21. The van der Waals surface area contributed by atoms with Crippen molar-refractivity contribution >= 4 is 0 Å². The Morgan fingerprint density at radius 2 is 2.50 bits per heavy atom. The first kappa shape index (κ1) is 7.98. The molecule has 3 heteroatoms. The van der Waals surface area contributed by atoms with Gasteiger partial charge in [0.1, 0.15) is 6.23 Å². The van der Waals surface area contributed by atoms with Gasteiger partial charge in [0.15, 0.2) is 0 Å². The van der Waals surface area contributed by atoms with Gasteiger partial charge in [0.05, 0.1) is 6.61 Å². The molecule has 0 aromatic rings. The number of ether oxygens (including phenoxy) is 1. The Kier molecular flexibility index (Phi) is 3.12. The quantitative estimate of drug-likeness (QED) is 0.606. The van der Waals surface area contributed by atoms with Gasteiger partial charge in [-0.25, -0.2) is 0 Å². The Balaban J connectivity index is 2.27. The fourth-order valence-corrected chi connectivity index (χ4v) is 1.35. The molecule has 0 aromatic carbocycles. The Morgan fingerprint density at radius 1 is 1.70 bits per heavy atom. The fourth-order valence-electron chi connectivity index (χ4n) is 1.35. The summed E-state index contributed by atoms with van der Waals surface area (Å²) in [4.78, 5) is 2.29. The molecule has 2 N–H and O–H groups in total. The highest BCUT2D eigenvalue weighted by Crippen LogP contribution is 2.11. The van der Waals surface area contributed by atoms with Crippen LogP contribution in [0.25, 0.3) is 0 Å². The second kappa shape index (κ2) is 3.91. The molecule has 1 heterocycles. The normalized spacial score (nSPS) is 27.6. The summed E-state index contributed by atoms with van der Waals surface area (Å²) in [7, 11) is 0. The zero-order chi connectivity index (χ0) is 7.40. The van der Waals surface area contributed by atoms with E-state index in [0.717, 1.165) is 32.7 Å². The Hall–Kier alpha value is -0.120. The van der Waals surface area contributed by atoms with Crippen molar-refractivity contribution in [1.29, 1.82) is 0 Å². The Bertz CT molecular complexity index is 97.6. The number of rotatable bonds is 3. The van der Waals surface area contributed by atoms with Gasteiger partial charge in [-0.05, 0) is 6.42 Å². The van der Waals surface area contributed by atoms with Crippen LogP contribution in [0.5, 0.6) is 0 Å². The lowest BCUT2D eigenvalue weighted by molar-refractivity contribution is 0.0327. The van der Waals surface area contributed by atoms with E-state index in [0.29, 0.717) is 6.23 Å².